The van der Waals surface area contributed by atoms with Crippen molar-refractivity contribution in [1.82, 2.24) is 4.98 Å². The summed E-state index contributed by atoms with van der Waals surface area (Å²) in [5.41, 5.74) is -1.62. The quantitative estimate of drug-likeness (QED) is 0.462. The molecule has 1 saturated carbocycles. The number of nitrogens with zero attached hydrogens (tertiary/aromatic N) is 1. The van der Waals surface area contributed by atoms with E-state index in [1.54, 1.807) is 25.3 Å². The third-order valence-corrected chi connectivity index (χ3v) is 7.06. The molecule has 0 bridgehead atoms. The van der Waals surface area contributed by atoms with E-state index in [0.29, 0.717) is 5.56 Å². The van der Waals surface area contributed by atoms with Crippen LogP contribution in [0.1, 0.15) is 59.1 Å². The van der Waals surface area contributed by atoms with Gasteiger partial charge >= 0.3 is 23.5 Å². The van der Waals surface area contributed by atoms with Crippen LogP contribution in [0.4, 0.5) is 0 Å². The summed E-state index contributed by atoms with van der Waals surface area (Å²) in [7, 11) is 0. The van der Waals surface area contributed by atoms with Gasteiger partial charge in [-0.15, -0.1) is 0 Å². The van der Waals surface area contributed by atoms with E-state index in [9.17, 15) is 24.3 Å². The molecule has 11 heteroatoms. The number of hydrogen-bond acceptors (Lipinski definition) is 11. The monoisotopic (exact) mass is 515 g/mol. The number of carbonyl (C=O) groups is 3. The smallest absolute Gasteiger partial charge is 0.345 e. The van der Waals surface area contributed by atoms with E-state index < -0.39 is 59.0 Å². The average molecular weight is 516 g/mol. The van der Waals surface area contributed by atoms with Crippen molar-refractivity contribution in [3.05, 3.63) is 46.6 Å². The SMILES string of the molecule is CC(=O)O[C@H]1C[C@@H](C(C)(OC(C)=O)OC(C)=O)C[C@H]2[C@H](O)c3c(cc(-c4cccnc4)oc3=O)O[C@]12C. The molecule has 4 rings (SSSR count). The first kappa shape index (κ1) is 26.3. The van der Waals surface area contributed by atoms with Crippen LogP contribution < -0.4 is 10.4 Å². The molecule has 5 atom stereocenters. The van der Waals surface area contributed by atoms with E-state index >= 15 is 0 Å². The highest BCUT2D eigenvalue weighted by Crippen LogP contribution is 2.54. The molecule has 1 fully saturated rings. The lowest BCUT2D eigenvalue weighted by Crippen LogP contribution is -2.63. The molecular weight excluding hydrogens is 486 g/mol. The third kappa shape index (κ3) is 4.95. The molecule has 2 aromatic heterocycles. The van der Waals surface area contributed by atoms with Crippen molar-refractivity contribution in [2.75, 3.05) is 0 Å². The van der Waals surface area contributed by atoms with Gasteiger partial charge in [0.1, 0.15) is 28.8 Å². The Balaban J connectivity index is 1.80. The van der Waals surface area contributed by atoms with Crippen molar-refractivity contribution >= 4 is 17.9 Å². The first-order valence-corrected chi connectivity index (χ1v) is 11.9. The van der Waals surface area contributed by atoms with Crippen molar-refractivity contribution in [3.63, 3.8) is 0 Å². The number of esters is 3. The largest absolute Gasteiger partial charge is 0.482 e. The predicted molar refractivity (Wildman–Crippen MR) is 126 cm³/mol. The molecule has 3 heterocycles. The highest BCUT2D eigenvalue weighted by Gasteiger charge is 2.61. The lowest BCUT2D eigenvalue weighted by atomic mass is 9.63. The van der Waals surface area contributed by atoms with Crippen molar-refractivity contribution in [3.8, 4) is 17.1 Å². The molecule has 2 aliphatic rings. The van der Waals surface area contributed by atoms with Crippen LogP contribution >= 0.6 is 0 Å². The Labute approximate surface area is 212 Å². The van der Waals surface area contributed by atoms with Crippen LogP contribution in [-0.4, -0.2) is 45.5 Å². The van der Waals surface area contributed by atoms with E-state index in [4.69, 9.17) is 23.4 Å². The summed E-state index contributed by atoms with van der Waals surface area (Å²) in [6.45, 7) is 6.71. The molecule has 0 unspecified atom stereocenters. The second kappa shape index (κ2) is 9.62. The van der Waals surface area contributed by atoms with Crippen LogP contribution in [0.2, 0.25) is 0 Å². The average Bonchev–Trinajstić information content (AvgIpc) is 2.78. The summed E-state index contributed by atoms with van der Waals surface area (Å²) in [6, 6.07) is 4.89. The fourth-order valence-corrected chi connectivity index (χ4v) is 5.43. The predicted octanol–water partition coefficient (Wildman–Crippen LogP) is 2.69. The minimum absolute atomic E-state index is 0.0842. The maximum absolute atomic E-state index is 13.0. The standard InChI is InChI=1S/C26H29NO10/c1-13(28)33-21-10-17(26(5,35-14(2)29)36-15(3)30)9-18-23(31)22-20(37-25(18,21)4)11-19(34-24(22)32)16-7-6-8-27-12-16/h6-8,11-12,17-18,21,23,31H,9-10H2,1-5H3/t17-,18-,21-,23-,25-/m0/s1. The van der Waals surface area contributed by atoms with E-state index in [1.807, 2.05) is 0 Å². The molecule has 11 nitrogen and oxygen atoms in total. The molecule has 1 aliphatic carbocycles. The Kier molecular flexibility index (Phi) is 6.85. The Bertz CT molecular complexity index is 1260. The zero-order valence-electron chi connectivity index (χ0n) is 21.2. The molecular formula is C26H29NO10. The molecule has 0 radical (unpaired) electrons. The minimum Gasteiger partial charge on any atom is -0.482 e. The van der Waals surface area contributed by atoms with Gasteiger partial charge in [0.15, 0.2) is 0 Å². The Morgan fingerprint density at radius 1 is 1.14 bits per heavy atom. The van der Waals surface area contributed by atoms with Crippen LogP contribution in [0.15, 0.2) is 39.8 Å². The van der Waals surface area contributed by atoms with E-state index in [0.717, 1.165) is 0 Å². The zero-order valence-corrected chi connectivity index (χ0v) is 21.2. The summed E-state index contributed by atoms with van der Waals surface area (Å²) in [4.78, 5) is 52.9. The highest BCUT2D eigenvalue weighted by molar-refractivity contribution is 5.69. The van der Waals surface area contributed by atoms with E-state index in [-0.39, 0.29) is 29.9 Å². The molecule has 2 aromatic rings. The number of fused-ring (bicyclic) bond motifs is 2. The van der Waals surface area contributed by atoms with Gasteiger partial charge in [0.05, 0.1) is 6.10 Å². The van der Waals surface area contributed by atoms with Gasteiger partial charge in [-0.05, 0) is 31.9 Å². The van der Waals surface area contributed by atoms with Gasteiger partial charge in [-0.2, -0.15) is 0 Å². The summed E-state index contributed by atoms with van der Waals surface area (Å²) in [5.74, 6) is -4.91. The van der Waals surface area contributed by atoms with Crippen LogP contribution in [0.5, 0.6) is 5.75 Å². The van der Waals surface area contributed by atoms with Gasteiger partial charge in [-0.3, -0.25) is 19.4 Å². The van der Waals surface area contributed by atoms with Crippen molar-refractivity contribution in [2.24, 2.45) is 11.8 Å². The summed E-state index contributed by atoms with van der Waals surface area (Å²) in [6.07, 6.45) is 0.960. The van der Waals surface area contributed by atoms with Gasteiger partial charge in [-0.25, -0.2) is 4.79 Å². The number of ether oxygens (including phenoxy) is 4. The normalized spacial score (nSPS) is 26.6. The summed E-state index contributed by atoms with van der Waals surface area (Å²) >= 11 is 0. The highest BCUT2D eigenvalue weighted by atomic mass is 16.7. The minimum atomic E-state index is -1.72. The molecule has 0 saturated heterocycles. The van der Waals surface area contributed by atoms with E-state index in [1.165, 1.54) is 40.0 Å². The number of aliphatic hydroxyl groups excluding tert-OH is 1. The third-order valence-electron chi connectivity index (χ3n) is 7.06. The first-order chi connectivity index (χ1) is 17.3. The molecule has 198 valence electrons. The van der Waals surface area contributed by atoms with Gasteiger partial charge < -0.3 is 28.5 Å². The van der Waals surface area contributed by atoms with Gasteiger partial charge in [0.25, 0.3) is 5.79 Å². The van der Waals surface area contributed by atoms with Crippen LogP contribution in [0.25, 0.3) is 11.3 Å². The molecule has 1 aliphatic heterocycles. The molecule has 1 N–H and O–H groups in total. The number of carbonyl (C=O) groups excluding carboxylic acids is 3. The van der Waals surface area contributed by atoms with Crippen LogP contribution in [0, 0.1) is 11.8 Å². The molecule has 0 amide bonds. The fraction of sp³-hybridized carbons (Fsp3) is 0.500. The maximum atomic E-state index is 13.0. The number of aromatic nitrogens is 1. The molecule has 0 aromatic carbocycles. The van der Waals surface area contributed by atoms with Gasteiger partial charge in [0.2, 0.25) is 0 Å². The number of pyridine rings is 1. The number of hydrogen-bond donors (Lipinski definition) is 1. The fourth-order valence-electron chi connectivity index (χ4n) is 5.43. The second-order valence-corrected chi connectivity index (χ2v) is 9.72. The topological polar surface area (TPSA) is 151 Å². The van der Waals surface area contributed by atoms with Gasteiger partial charge in [0, 0.05) is 63.6 Å². The van der Waals surface area contributed by atoms with Crippen molar-refractivity contribution in [1.29, 1.82) is 0 Å². The van der Waals surface area contributed by atoms with Crippen LogP contribution in [0.3, 0.4) is 0 Å². The summed E-state index contributed by atoms with van der Waals surface area (Å²) in [5, 5.41) is 11.5. The van der Waals surface area contributed by atoms with E-state index in [2.05, 4.69) is 4.98 Å². The Morgan fingerprint density at radius 2 is 1.81 bits per heavy atom. The number of rotatable bonds is 5. The Hall–Kier alpha value is -3.73. The maximum Gasteiger partial charge on any atom is 0.345 e. The lowest BCUT2D eigenvalue weighted by Gasteiger charge is -2.54. The second-order valence-electron chi connectivity index (χ2n) is 9.72. The first-order valence-electron chi connectivity index (χ1n) is 11.9. The summed E-state index contributed by atoms with van der Waals surface area (Å²) < 4.78 is 28.3. The zero-order chi connectivity index (χ0) is 27.1. The van der Waals surface area contributed by atoms with Crippen molar-refractivity contribution < 1.29 is 42.9 Å². The lowest BCUT2D eigenvalue weighted by molar-refractivity contribution is -0.263. The Morgan fingerprint density at radius 3 is 2.38 bits per heavy atom. The van der Waals surface area contributed by atoms with Crippen molar-refractivity contribution in [2.45, 2.75) is 71.1 Å². The van der Waals surface area contributed by atoms with Crippen LogP contribution in [-0.2, 0) is 28.6 Å². The molecule has 0 spiro atoms. The number of aliphatic hydroxyl groups is 1. The van der Waals surface area contributed by atoms with Gasteiger partial charge in [-0.1, -0.05) is 0 Å². The molecule has 37 heavy (non-hydrogen) atoms.